The van der Waals surface area contributed by atoms with Gasteiger partial charge in [0.25, 0.3) is 0 Å². The predicted molar refractivity (Wildman–Crippen MR) is 143 cm³/mol. The van der Waals surface area contributed by atoms with Gasteiger partial charge < -0.3 is 40.3 Å². The lowest BCUT2D eigenvalue weighted by Crippen LogP contribution is -2.45. The van der Waals surface area contributed by atoms with Crippen molar-refractivity contribution in [2.24, 2.45) is 0 Å². The van der Waals surface area contributed by atoms with Crippen LogP contribution in [0, 0.1) is 0 Å². The van der Waals surface area contributed by atoms with Gasteiger partial charge in [-0.2, -0.15) is 0 Å². The van der Waals surface area contributed by atoms with E-state index in [1.165, 1.54) is 11.3 Å². The maximum atomic E-state index is 12.5. The SMILES string of the molecule is CCOC(=O)c1cc(-c2ccccc2)sc1NC(=O)CCN1CCN(C)CC1.O=C(O)C(=O)O.O=C(O)C(=O)O. The van der Waals surface area contributed by atoms with E-state index in [0.717, 1.165) is 43.2 Å². The van der Waals surface area contributed by atoms with Gasteiger partial charge in [0.05, 0.1) is 12.2 Å². The molecule has 1 aromatic heterocycles. The Balaban J connectivity index is 0.000000559. The summed E-state index contributed by atoms with van der Waals surface area (Å²) in [6, 6.07) is 11.6. The van der Waals surface area contributed by atoms with Crippen molar-refractivity contribution in [1.82, 2.24) is 9.80 Å². The molecule has 14 nitrogen and oxygen atoms in total. The summed E-state index contributed by atoms with van der Waals surface area (Å²) < 4.78 is 5.17. The van der Waals surface area contributed by atoms with Crippen molar-refractivity contribution in [1.29, 1.82) is 0 Å². The first kappa shape index (κ1) is 33.7. The molecule has 1 aliphatic rings. The van der Waals surface area contributed by atoms with Crippen LogP contribution < -0.4 is 5.32 Å². The average molecular weight is 582 g/mol. The molecule has 218 valence electrons. The van der Waals surface area contributed by atoms with Crippen LogP contribution in [-0.4, -0.2) is 112 Å². The van der Waals surface area contributed by atoms with Crippen LogP contribution in [-0.2, 0) is 28.7 Å². The summed E-state index contributed by atoms with van der Waals surface area (Å²) >= 11 is 1.40. The van der Waals surface area contributed by atoms with E-state index in [1.807, 2.05) is 30.3 Å². The number of carbonyl (C=O) groups excluding carboxylic acids is 2. The van der Waals surface area contributed by atoms with Gasteiger partial charge in [0.15, 0.2) is 0 Å². The Hall–Kier alpha value is -4.34. The number of carboxylic acids is 4. The zero-order chi connectivity index (χ0) is 30.2. The maximum absolute atomic E-state index is 12.5. The molecule has 0 bridgehead atoms. The van der Waals surface area contributed by atoms with Crippen molar-refractivity contribution in [2.75, 3.05) is 51.7 Å². The van der Waals surface area contributed by atoms with Crippen LogP contribution in [0.25, 0.3) is 10.4 Å². The molecule has 0 radical (unpaired) electrons. The van der Waals surface area contributed by atoms with Gasteiger partial charge in [-0.15, -0.1) is 11.3 Å². The first-order valence-corrected chi connectivity index (χ1v) is 12.7. The molecule has 1 aromatic carbocycles. The van der Waals surface area contributed by atoms with Crippen molar-refractivity contribution < 1.29 is 53.9 Å². The average Bonchev–Trinajstić information content (AvgIpc) is 3.33. The minimum atomic E-state index is -1.82. The van der Waals surface area contributed by atoms with Crippen LogP contribution in [0.2, 0.25) is 0 Å². The van der Waals surface area contributed by atoms with Crippen LogP contribution in [0.15, 0.2) is 36.4 Å². The van der Waals surface area contributed by atoms with Crippen molar-refractivity contribution >= 4 is 52.1 Å². The van der Waals surface area contributed by atoms with E-state index in [1.54, 1.807) is 13.0 Å². The van der Waals surface area contributed by atoms with E-state index in [2.05, 4.69) is 22.2 Å². The Bertz CT molecular complexity index is 1130. The number of carboxylic acid groups (broad SMARTS) is 4. The Morgan fingerprint density at radius 3 is 1.88 bits per heavy atom. The van der Waals surface area contributed by atoms with E-state index in [0.29, 0.717) is 23.6 Å². The van der Waals surface area contributed by atoms with E-state index < -0.39 is 29.8 Å². The minimum absolute atomic E-state index is 0.0778. The number of hydrogen-bond donors (Lipinski definition) is 5. The smallest absolute Gasteiger partial charge is 0.414 e. The van der Waals surface area contributed by atoms with Crippen LogP contribution in [0.5, 0.6) is 0 Å². The number of rotatable bonds is 7. The minimum Gasteiger partial charge on any atom is -0.473 e. The number of amides is 1. The highest BCUT2D eigenvalue weighted by molar-refractivity contribution is 7.20. The second kappa shape index (κ2) is 17.3. The molecule has 1 fully saturated rings. The van der Waals surface area contributed by atoms with Gasteiger partial charge >= 0.3 is 29.8 Å². The highest BCUT2D eigenvalue weighted by atomic mass is 32.1. The van der Waals surface area contributed by atoms with Gasteiger partial charge in [0.2, 0.25) is 5.91 Å². The van der Waals surface area contributed by atoms with Crippen LogP contribution >= 0.6 is 11.3 Å². The Morgan fingerprint density at radius 2 is 1.40 bits per heavy atom. The molecule has 15 heteroatoms. The highest BCUT2D eigenvalue weighted by Crippen LogP contribution is 2.36. The van der Waals surface area contributed by atoms with E-state index in [-0.39, 0.29) is 5.91 Å². The Kier molecular flexibility index (Phi) is 14.6. The number of piperazine rings is 1. The fourth-order valence-corrected chi connectivity index (χ4v) is 4.18. The molecule has 1 amide bonds. The summed E-state index contributed by atoms with van der Waals surface area (Å²) in [5.74, 6) is -7.78. The number of esters is 1. The summed E-state index contributed by atoms with van der Waals surface area (Å²) in [6.45, 7) is 6.82. The third-order valence-electron chi connectivity index (χ3n) is 5.16. The molecule has 5 N–H and O–H groups in total. The Labute approximate surface area is 233 Å². The van der Waals surface area contributed by atoms with Gasteiger partial charge in [-0.25, -0.2) is 24.0 Å². The summed E-state index contributed by atoms with van der Waals surface area (Å²) in [7, 11) is 2.11. The standard InChI is InChI=1S/C21H27N3O3S.2C2H2O4/c1-3-27-21(26)17-15-18(16-7-5-4-6-8-16)28-20(17)22-19(25)9-10-24-13-11-23(2)12-14-24;2*3-1(4)2(5)6/h4-8,15H,3,9-14H2,1-2H3,(H,22,25);2*(H,3,4)(H,5,6). The summed E-state index contributed by atoms with van der Waals surface area (Å²) in [6.07, 6.45) is 0.407. The van der Waals surface area contributed by atoms with Crippen LogP contribution in [0.4, 0.5) is 5.00 Å². The quantitative estimate of drug-likeness (QED) is 0.232. The van der Waals surface area contributed by atoms with Crippen molar-refractivity contribution in [3.8, 4) is 10.4 Å². The summed E-state index contributed by atoms with van der Waals surface area (Å²) in [5.41, 5.74) is 1.43. The number of benzene rings is 1. The van der Waals surface area contributed by atoms with Crippen molar-refractivity contribution in [2.45, 2.75) is 13.3 Å². The number of thiophene rings is 1. The Morgan fingerprint density at radius 1 is 0.875 bits per heavy atom. The van der Waals surface area contributed by atoms with Crippen LogP contribution in [0.3, 0.4) is 0 Å². The predicted octanol–water partition coefficient (Wildman–Crippen LogP) is 1.48. The molecule has 0 atom stereocenters. The second-order valence-corrected chi connectivity index (χ2v) is 9.16. The molecular formula is C25H31N3O11S. The number of ether oxygens (including phenoxy) is 1. The molecule has 1 aliphatic heterocycles. The first-order valence-electron chi connectivity index (χ1n) is 11.8. The molecular weight excluding hydrogens is 550 g/mol. The number of anilines is 1. The van der Waals surface area contributed by atoms with Gasteiger partial charge in [-0.05, 0) is 25.6 Å². The third-order valence-corrected chi connectivity index (χ3v) is 6.26. The molecule has 40 heavy (non-hydrogen) atoms. The number of nitrogens with one attached hydrogen (secondary N) is 1. The summed E-state index contributed by atoms with van der Waals surface area (Å²) in [5, 5.41) is 33.1. The second-order valence-electron chi connectivity index (χ2n) is 8.10. The maximum Gasteiger partial charge on any atom is 0.414 e. The zero-order valence-electron chi connectivity index (χ0n) is 21.9. The lowest BCUT2D eigenvalue weighted by molar-refractivity contribution is -0.159. The summed E-state index contributed by atoms with van der Waals surface area (Å²) in [4.78, 5) is 66.8. The number of likely N-dealkylation sites (N-methyl/N-ethyl adjacent to an activating group) is 1. The number of aliphatic carboxylic acids is 4. The monoisotopic (exact) mass is 581 g/mol. The molecule has 3 rings (SSSR count). The molecule has 2 aromatic rings. The molecule has 1 saturated heterocycles. The topological polar surface area (TPSA) is 211 Å². The zero-order valence-corrected chi connectivity index (χ0v) is 22.7. The lowest BCUT2D eigenvalue weighted by Gasteiger charge is -2.32. The first-order chi connectivity index (χ1) is 18.8. The molecule has 0 unspecified atom stereocenters. The lowest BCUT2D eigenvalue weighted by atomic mass is 10.1. The molecule has 0 saturated carbocycles. The largest absolute Gasteiger partial charge is 0.473 e. The number of carbonyl (C=O) groups is 6. The van der Waals surface area contributed by atoms with E-state index in [9.17, 15) is 9.59 Å². The van der Waals surface area contributed by atoms with Crippen molar-refractivity contribution in [3.63, 3.8) is 0 Å². The van der Waals surface area contributed by atoms with E-state index in [4.69, 9.17) is 44.3 Å². The van der Waals surface area contributed by atoms with Gasteiger partial charge in [-0.3, -0.25) is 4.79 Å². The fourth-order valence-electron chi connectivity index (χ4n) is 3.11. The number of nitrogens with zero attached hydrogens (tertiary/aromatic N) is 2. The van der Waals surface area contributed by atoms with Crippen molar-refractivity contribution in [3.05, 3.63) is 42.0 Å². The van der Waals surface area contributed by atoms with E-state index >= 15 is 0 Å². The third kappa shape index (κ3) is 12.5. The normalized spacial score (nSPS) is 12.9. The molecule has 0 aliphatic carbocycles. The molecule has 2 heterocycles. The van der Waals surface area contributed by atoms with Gasteiger partial charge in [-0.1, -0.05) is 30.3 Å². The van der Waals surface area contributed by atoms with Crippen LogP contribution in [0.1, 0.15) is 23.7 Å². The fraction of sp³-hybridized carbons (Fsp3) is 0.360. The van der Waals surface area contributed by atoms with Gasteiger partial charge in [0.1, 0.15) is 5.00 Å². The van der Waals surface area contributed by atoms with Gasteiger partial charge in [0, 0.05) is 44.0 Å². The highest BCUT2D eigenvalue weighted by Gasteiger charge is 2.21. The number of hydrogen-bond acceptors (Lipinski definition) is 10. The molecule has 0 spiro atoms.